The third-order valence-corrected chi connectivity index (χ3v) is 3.69. The van der Waals surface area contributed by atoms with E-state index >= 15 is 0 Å². The van der Waals surface area contributed by atoms with Gasteiger partial charge in [0.1, 0.15) is 0 Å². The normalized spacial score (nSPS) is 11.9. The fraction of sp³-hybridized carbons (Fsp3) is 0.133. The van der Waals surface area contributed by atoms with Crippen LogP contribution in [0.25, 0.3) is 0 Å². The number of aliphatic hydroxyl groups excluding tert-OH is 1. The number of hydrogen-bond donors (Lipinski definition) is 2. The molecular formula is C15H14INO2. The Morgan fingerprint density at radius 2 is 1.95 bits per heavy atom. The molecule has 0 saturated carbocycles. The first-order valence-corrected chi connectivity index (χ1v) is 6.99. The van der Waals surface area contributed by atoms with E-state index in [-0.39, 0.29) is 5.91 Å². The number of hydrogen-bond acceptors (Lipinski definition) is 2. The molecule has 0 radical (unpaired) electrons. The molecule has 2 N–H and O–H groups in total. The Morgan fingerprint density at radius 1 is 1.21 bits per heavy atom. The van der Waals surface area contributed by atoms with Crippen molar-refractivity contribution in [3.63, 3.8) is 0 Å². The molecule has 0 spiro atoms. The van der Waals surface area contributed by atoms with Crippen molar-refractivity contribution in [2.75, 3.05) is 5.32 Å². The molecule has 1 amide bonds. The second-order valence-corrected chi connectivity index (χ2v) is 5.40. The summed E-state index contributed by atoms with van der Waals surface area (Å²) in [5.74, 6) is -0.146. The highest BCUT2D eigenvalue weighted by Crippen LogP contribution is 2.19. The van der Waals surface area contributed by atoms with Crippen LogP contribution in [0, 0.1) is 3.57 Å². The van der Waals surface area contributed by atoms with E-state index in [4.69, 9.17) is 0 Å². The largest absolute Gasteiger partial charge is 0.389 e. The molecule has 0 bridgehead atoms. The van der Waals surface area contributed by atoms with Crippen molar-refractivity contribution in [1.29, 1.82) is 0 Å². The van der Waals surface area contributed by atoms with Gasteiger partial charge in [-0.1, -0.05) is 24.3 Å². The van der Waals surface area contributed by atoms with E-state index in [1.54, 1.807) is 25.1 Å². The van der Waals surface area contributed by atoms with Crippen LogP contribution in [0.2, 0.25) is 0 Å². The van der Waals surface area contributed by atoms with Gasteiger partial charge in [-0.15, -0.1) is 0 Å². The summed E-state index contributed by atoms with van der Waals surface area (Å²) in [6.07, 6.45) is -0.547. The highest BCUT2D eigenvalue weighted by atomic mass is 127. The summed E-state index contributed by atoms with van der Waals surface area (Å²) in [6.45, 7) is 1.70. The first-order valence-electron chi connectivity index (χ1n) is 5.92. The minimum Gasteiger partial charge on any atom is -0.389 e. The first-order chi connectivity index (χ1) is 9.08. The van der Waals surface area contributed by atoms with Gasteiger partial charge in [-0.25, -0.2) is 0 Å². The Balaban J connectivity index is 2.20. The molecule has 0 saturated heterocycles. The number of anilines is 1. The van der Waals surface area contributed by atoms with Gasteiger partial charge < -0.3 is 10.4 Å². The van der Waals surface area contributed by atoms with Gasteiger partial charge in [0.2, 0.25) is 0 Å². The topological polar surface area (TPSA) is 49.3 Å². The fourth-order valence-corrected chi connectivity index (χ4v) is 2.35. The lowest BCUT2D eigenvalue weighted by Gasteiger charge is -2.10. The SMILES string of the molecule is C[C@@H](O)c1cccc(NC(=O)c2ccccc2I)c1. The van der Waals surface area contributed by atoms with Crippen molar-refractivity contribution in [2.45, 2.75) is 13.0 Å². The van der Waals surface area contributed by atoms with E-state index in [1.807, 2.05) is 30.3 Å². The van der Waals surface area contributed by atoms with Crippen LogP contribution >= 0.6 is 22.6 Å². The highest BCUT2D eigenvalue weighted by Gasteiger charge is 2.10. The number of halogens is 1. The van der Waals surface area contributed by atoms with E-state index < -0.39 is 6.10 Å². The molecule has 2 aromatic carbocycles. The van der Waals surface area contributed by atoms with Gasteiger partial charge >= 0.3 is 0 Å². The van der Waals surface area contributed by atoms with Gasteiger partial charge in [0, 0.05) is 9.26 Å². The zero-order valence-electron chi connectivity index (χ0n) is 10.4. The number of benzene rings is 2. The van der Waals surface area contributed by atoms with Crippen LogP contribution in [0.3, 0.4) is 0 Å². The van der Waals surface area contributed by atoms with E-state index in [9.17, 15) is 9.90 Å². The molecule has 0 unspecified atom stereocenters. The molecule has 1 atom stereocenters. The maximum Gasteiger partial charge on any atom is 0.256 e. The lowest BCUT2D eigenvalue weighted by Crippen LogP contribution is -2.13. The fourth-order valence-electron chi connectivity index (χ4n) is 1.72. The van der Waals surface area contributed by atoms with Gasteiger partial charge in [-0.05, 0) is 59.3 Å². The smallest absolute Gasteiger partial charge is 0.256 e. The highest BCUT2D eigenvalue weighted by molar-refractivity contribution is 14.1. The molecule has 0 aromatic heterocycles. The van der Waals surface area contributed by atoms with Crippen LogP contribution < -0.4 is 5.32 Å². The van der Waals surface area contributed by atoms with E-state index in [2.05, 4.69) is 27.9 Å². The number of rotatable bonds is 3. The lowest BCUT2D eigenvalue weighted by molar-refractivity contribution is 0.102. The summed E-state index contributed by atoms with van der Waals surface area (Å²) < 4.78 is 0.907. The molecule has 0 aliphatic rings. The monoisotopic (exact) mass is 367 g/mol. The molecule has 0 aliphatic carbocycles. The number of carbonyl (C=O) groups is 1. The molecule has 98 valence electrons. The van der Waals surface area contributed by atoms with Crippen molar-refractivity contribution < 1.29 is 9.90 Å². The summed E-state index contributed by atoms with van der Waals surface area (Å²) in [4.78, 5) is 12.1. The summed E-state index contributed by atoms with van der Waals surface area (Å²) in [7, 11) is 0. The zero-order valence-corrected chi connectivity index (χ0v) is 12.6. The molecule has 0 aliphatic heterocycles. The maximum absolute atomic E-state index is 12.1. The van der Waals surface area contributed by atoms with Gasteiger partial charge in [0.05, 0.1) is 11.7 Å². The van der Waals surface area contributed by atoms with Gasteiger partial charge in [-0.2, -0.15) is 0 Å². The summed E-state index contributed by atoms with van der Waals surface area (Å²) in [5.41, 5.74) is 2.11. The van der Waals surface area contributed by atoms with Crippen LogP contribution in [0.15, 0.2) is 48.5 Å². The van der Waals surface area contributed by atoms with Gasteiger partial charge in [-0.3, -0.25) is 4.79 Å². The Hall–Kier alpha value is -1.40. The van der Waals surface area contributed by atoms with Crippen molar-refractivity contribution in [3.8, 4) is 0 Å². The van der Waals surface area contributed by atoms with Gasteiger partial charge in [0.15, 0.2) is 0 Å². The maximum atomic E-state index is 12.1. The Bertz CT molecular complexity index is 596. The van der Waals surface area contributed by atoms with Crippen molar-refractivity contribution in [2.24, 2.45) is 0 Å². The minimum atomic E-state index is -0.547. The summed E-state index contributed by atoms with van der Waals surface area (Å²) in [5, 5.41) is 12.4. The van der Waals surface area contributed by atoms with Gasteiger partial charge in [0.25, 0.3) is 5.91 Å². The summed E-state index contributed by atoms with van der Waals surface area (Å²) >= 11 is 2.13. The summed E-state index contributed by atoms with van der Waals surface area (Å²) in [6, 6.07) is 14.6. The molecule has 4 heteroatoms. The average molecular weight is 367 g/mol. The molecule has 2 aromatic rings. The zero-order chi connectivity index (χ0) is 13.8. The number of amides is 1. The predicted octanol–water partition coefficient (Wildman–Crippen LogP) is 3.60. The lowest BCUT2D eigenvalue weighted by atomic mass is 10.1. The second-order valence-electron chi connectivity index (χ2n) is 4.24. The van der Waals surface area contributed by atoms with E-state index in [0.29, 0.717) is 11.3 Å². The van der Waals surface area contributed by atoms with Crippen molar-refractivity contribution >= 4 is 34.2 Å². The van der Waals surface area contributed by atoms with Crippen LogP contribution in [-0.4, -0.2) is 11.0 Å². The Labute approximate surface area is 125 Å². The first kappa shape index (κ1) is 14.0. The van der Waals surface area contributed by atoms with Crippen LogP contribution in [-0.2, 0) is 0 Å². The number of nitrogens with one attached hydrogen (secondary N) is 1. The predicted molar refractivity (Wildman–Crippen MR) is 84.2 cm³/mol. The Morgan fingerprint density at radius 3 is 2.63 bits per heavy atom. The second kappa shape index (κ2) is 6.16. The number of aliphatic hydroxyl groups is 1. The minimum absolute atomic E-state index is 0.146. The van der Waals surface area contributed by atoms with Crippen LogP contribution in [0.4, 0.5) is 5.69 Å². The molecule has 2 rings (SSSR count). The van der Waals surface area contributed by atoms with E-state index in [1.165, 1.54) is 0 Å². The van der Waals surface area contributed by atoms with Crippen LogP contribution in [0.1, 0.15) is 28.9 Å². The molecule has 0 heterocycles. The third-order valence-electron chi connectivity index (χ3n) is 2.75. The third kappa shape index (κ3) is 3.54. The quantitative estimate of drug-likeness (QED) is 0.815. The molecular weight excluding hydrogens is 353 g/mol. The molecule has 0 fully saturated rings. The standard InChI is InChI=1S/C15H14INO2/c1-10(18)11-5-4-6-12(9-11)17-15(19)13-7-2-3-8-14(13)16/h2-10,18H,1H3,(H,17,19)/t10-/m1/s1. The average Bonchev–Trinajstić information content (AvgIpc) is 2.39. The molecule has 19 heavy (non-hydrogen) atoms. The van der Waals surface area contributed by atoms with E-state index in [0.717, 1.165) is 9.13 Å². The van der Waals surface area contributed by atoms with Crippen LogP contribution in [0.5, 0.6) is 0 Å². The molecule has 3 nitrogen and oxygen atoms in total. The Kier molecular flexibility index (Phi) is 4.55. The van der Waals surface area contributed by atoms with Crippen molar-refractivity contribution in [3.05, 3.63) is 63.2 Å². The number of carbonyl (C=O) groups excluding carboxylic acids is 1. The van der Waals surface area contributed by atoms with Crippen molar-refractivity contribution in [1.82, 2.24) is 0 Å².